The zero-order valence-electron chi connectivity index (χ0n) is 8.45. The van der Waals surface area contributed by atoms with Crippen molar-refractivity contribution in [3.8, 4) is 0 Å². The summed E-state index contributed by atoms with van der Waals surface area (Å²) in [5.41, 5.74) is 0. The fraction of sp³-hybridized carbons (Fsp3) is 0.800. The number of hydrogen-bond acceptors (Lipinski definition) is 2. The van der Waals surface area contributed by atoms with Gasteiger partial charge in [-0.1, -0.05) is 13.3 Å². The van der Waals surface area contributed by atoms with Crippen molar-refractivity contribution in [1.29, 1.82) is 0 Å². The Kier molecular flexibility index (Phi) is 3.45. The maximum atomic E-state index is 2.41. The molecule has 12 heavy (non-hydrogen) atoms. The number of unbranched alkanes of at least 4 members (excludes halogenated alkanes) is 1. The van der Waals surface area contributed by atoms with Crippen LogP contribution in [0.5, 0.6) is 0 Å². The van der Waals surface area contributed by atoms with Crippen molar-refractivity contribution in [3.63, 3.8) is 0 Å². The van der Waals surface area contributed by atoms with E-state index < -0.39 is 0 Å². The van der Waals surface area contributed by atoms with E-state index >= 15 is 0 Å². The summed E-state index contributed by atoms with van der Waals surface area (Å²) in [7, 11) is 0. The molecule has 2 nitrogen and oxygen atoms in total. The van der Waals surface area contributed by atoms with Gasteiger partial charge in [0.1, 0.15) is 0 Å². The maximum absolute atomic E-state index is 2.41. The molecular weight excluding hydrogens is 148 g/mol. The van der Waals surface area contributed by atoms with Crippen LogP contribution in [0.1, 0.15) is 33.6 Å². The van der Waals surface area contributed by atoms with Gasteiger partial charge in [0, 0.05) is 25.5 Å². The molecule has 0 aliphatic carbocycles. The smallest absolute Gasteiger partial charge is 0.0977 e. The predicted molar refractivity (Wildman–Crippen MR) is 52.6 cm³/mol. The fourth-order valence-electron chi connectivity index (χ4n) is 1.58. The fourth-order valence-corrected chi connectivity index (χ4v) is 1.58. The molecule has 1 rings (SSSR count). The Morgan fingerprint density at radius 1 is 1.17 bits per heavy atom. The van der Waals surface area contributed by atoms with Crippen LogP contribution in [-0.4, -0.2) is 29.1 Å². The second-order valence-electron chi connectivity index (χ2n) is 3.35. The summed E-state index contributed by atoms with van der Waals surface area (Å²) in [6.45, 7) is 9.01. The highest BCUT2D eigenvalue weighted by Gasteiger charge is 2.18. The molecule has 0 aromatic rings. The number of rotatable bonds is 4. The average molecular weight is 168 g/mol. The Bertz CT molecular complexity index is 154. The zero-order chi connectivity index (χ0) is 8.97. The van der Waals surface area contributed by atoms with Gasteiger partial charge in [0.05, 0.1) is 6.17 Å². The average Bonchev–Trinajstić information content (AvgIpc) is 2.43. The van der Waals surface area contributed by atoms with E-state index in [1.807, 2.05) is 0 Å². The number of hydrogen-bond donors (Lipinski definition) is 0. The van der Waals surface area contributed by atoms with Crippen molar-refractivity contribution in [2.75, 3.05) is 13.1 Å². The standard InChI is InChI=1S/C10H20N2/c1-4-6-7-12-9-8-11(5-2)10(12)3/h8-10H,4-7H2,1-3H3. The quantitative estimate of drug-likeness (QED) is 0.635. The van der Waals surface area contributed by atoms with Crippen molar-refractivity contribution in [1.82, 2.24) is 9.80 Å². The summed E-state index contributed by atoms with van der Waals surface area (Å²) in [4.78, 5) is 4.77. The minimum absolute atomic E-state index is 0.571. The van der Waals surface area contributed by atoms with E-state index in [2.05, 4.69) is 43.0 Å². The van der Waals surface area contributed by atoms with Crippen molar-refractivity contribution >= 4 is 0 Å². The summed E-state index contributed by atoms with van der Waals surface area (Å²) in [5.74, 6) is 0. The molecule has 70 valence electrons. The summed E-state index contributed by atoms with van der Waals surface area (Å²) < 4.78 is 0. The Morgan fingerprint density at radius 2 is 1.83 bits per heavy atom. The van der Waals surface area contributed by atoms with Gasteiger partial charge in [0.25, 0.3) is 0 Å². The van der Waals surface area contributed by atoms with Gasteiger partial charge in [-0.2, -0.15) is 0 Å². The third kappa shape index (κ3) is 1.93. The van der Waals surface area contributed by atoms with E-state index in [4.69, 9.17) is 0 Å². The van der Waals surface area contributed by atoms with Crippen LogP contribution in [0.4, 0.5) is 0 Å². The van der Waals surface area contributed by atoms with Crippen LogP contribution in [0.2, 0.25) is 0 Å². The lowest BCUT2D eigenvalue weighted by Crippen LogP contribution is -2.36. The summed E-state index contributed by atoms with van der Waals surface area (Å²) >= 11 is 0. The molecule has 0 aromatic heterocycles. The van der Waals surface area contributed by atoms with Crippen molar-refractivity contribution in [3.05, 3.63) is 12.4 Å². The molecule has 0 saturated carbocycles. The maximum Gasteiger partial charge on any atom is 0.0977 e. The van der Waals surface area contributed by atoms with E-state index in [0.29, 0.717) is 6.17 Å². The van der Waals surface area contributed by atoms with Gasteiger partial charge in [-0.05, 0) is 20.3 Å². The monoisotopic (exact) mass is 168 g/mol. The van der Waals surface area contributed by atoms with Gasteiger partial charge in [-0.25, -0.2) is 0 Å². The van der Waals surface area contributed by atoms with Crippen molar-refractivity contribution in [2.45, 2.75) is 39.8 Å². The minimum atomic E-state index is 0.571. The van der Waals surface area contributed by atoms with Crippen LogP contribution < -0.4 is 0 Å². The van der Waals surface area contributed by atoms with E-state index in [1.54, 1.807) is 0 Å². The molecule has 0 saturated heterocycles. The lowest BCUT2D eigenvalue weighted by Gasteiger charge is -2.28. The van der Waals surface area contributed by atoms with Crippen LogP contribution in [0.3, 0.4) is 0 Å². The van der Waals surface area contributed by atoms with Crippen molar-refractivity contribution in [2.24, 2.45) is 0 Å². The Labute approximate surface area is 75.8 Å². The van der Waals surface area contributed by atoms with E-state index in [1.165, 1.54) is 19.4 Å². The van der Waals surface area contributed by atoms with Crippen LogP contribution >= 0.6 is 0 Å². The van der Waals surface area contributed by atoms with Gasteiger partial charge in [0.2, 0.25) is 0 Å². The van der Waals surface area contributed by atoms with Crippen LogP contribution in [-0.2, 0) is 0 Å². The highest BCUT2D eigenvalue weighted by Crippen LogP contribution is 2.15. The van der Waals surface area contributed by atoms with E-state index in [9.17, 15) is 0 Å². The van der Waals surface area contributed by atoms with E-state index in [0.717, 1.165) is 6.54 Å². The Morgan fingerprint density at radius 3 is 2.33 bits per heavy atom. The Balaban J connectivity index is 2.34. The SMILES string of the molecule is CCCCN1C=CN(CC)C1C. The van der Waals surface area contributed by atoms with Crippen LogP contribution in [0.15, 0.2) is 12.4 Å². The topological polar surface area (TPSA) is 6.48 Å². The summed E-state index contributed by atoms with van der Waals surface area (Å²) in [5, 5.41) is 0. The van der Waals surface area contributed by atoms with E-state index in [-0.39, 0.29) is 0 Å². The lowest BCUT2D eigenvalue weighted by atomic mass is 10.3. The summed E-state index contributed by atoms with van der Waals surface area (Å²) in [6, 6.07) is 0. The van der Waals surface area contributed by atoms with Crippen LogP contribution in [0, 0.1) is 0 Å². The first-order valence-electron chi connectivity index (χ1n) is 4.99. The lowest BCUT2D eigenvalue weighted by molar-refractivity contribution is 0.174. The molecule has 0 aromatic carbocycles. The van der Waals surface area contributed by atoms with Crippen molar-refractivity contribution < 1.29 is 0 Å². The first-order chi connectivity index (χ1) is 5.79. The van der Waals surface area contributed by atoms with Gasteiger partial charge < -0.3 is 9.80 Å². The molecule has 1 atom stereocenters. The van der Waals surface area contributed by atoms with Gasteiger partial charge in [-0.15, -0.1) is 0 Å². The predicted octanol–water partition coefficient (Wildman–Crippen LogP) is 2.24. The minimum Gasteiger partial charge on any atom is -0.357 e. The first kappa shape index (κ1) is 9.43. The third-order valence-corrected chi connectivity index (χ3v) is 2.54. The highest BCUT2D eigenvalue weighted by molar-refractivity contribution is 4.94. The first-order valence-corrected chi connectivity index (χ1v) is 4.99. The molecule has 1 unspecified atom stereocenters. The molecule has 0 amide bonds. The molecule has 1 aliphatic rings. The molecular formula is C10H20N2. The second kappa shape index (κ2) is 4.39. The van der Waals surface area contributed by atoms with Gasteiger partial charge in [0.15, 0.2) is 0 Å². The highest BCUT2D eigenvalue weighted by atomic mass is 15.4. The normalized spacial score (nSPS) is 22.4. The molecule has 0 bridgehead atoms. The van der Waals surface area contributed by atoms with Crippen LogP contribution in [0.25, 0.3) is 0 Å². The molecule has 2 heteroatoms. The second-order valence-corrected chi connectivity index (χ2v) is 3.35. The summed E-state index contributed by atoms with van der Waals surface area (Å²) in [6.07, 6.45) is 7.56. The molecule has 1 heterocycles. The molecule has 0 spiro atoms. The molecule has 0 radical (unpaired) electrons. The van der Waals surface area contributed by atoms with Gasteiger partial charge >= 0.3 is 0 Å². The largest absolute Gasteiger partial charge is 0.357 e. The number of nitrogens with zero attached hydrogens (tertiary/aromatic N) is 2. The molecule has 1 aliphatic heterocycles. The zero-order valence-corrected chi connectivity index (χ0v) is 8.45. The third-order valence-electron chi connectivity index (χ3n) is 2.54. The van der Waals surface area contributed by atoms with Gasteiger partial charge in [-0.3, -0.25) is 0 Å². The molecule has 0 N–H and O–H groups in total. The Hall–Kier alpha value is -0.660. The molecule has 0 fully saturated rings.